The Hall–Kier alpha value is -2.32. The predicted molar refractivity (Wildman–Crippen MR) is 98.9 cm³/mol. The number of nitrogens with zero attached hydrogens (tertiary/aromatic N) is 1. The lowest BCUT2D eigenvalue weighted by Crippen LogP contribution is -2.23. The third kappa shape index (κ3) is 3.95. The molecule has 0 aliphatic rings. The van der Waals surface area contributed by atoms with Gasteiger partial charge >= 0.3 is 0 Å². The van der Waals surface area contributed by atoms with Crippen molar-refractivity contribution in [2.75, 3.05) is 4.90 Å². The van der Waals surface area contributed by atoms with E-state index in [4.69, 9.17) is 11.6 Å². The smallest absolute Gasteiger partial charge is 0.149 e. The van der Waals surface area contributed by atoms with Gasteiger partial charge < -0.3 is 4.90 Å². The van der Waals surface area contributed by atoms with Crippen LogP contribution in [0.1, 0.15) is 16.7 Å². The number of aryl methyl sites for hydroxylation is 1. The van der Waals surface area contributed by atoms with Gasteiger partial charge in [-0.25, -0.2) is 4.39 Å². The highest BCUT2D eigenvalue weighted by Gasteiger charge is 2.16. The van der Waals surface area contributed by atoms with Crippen molar-refractivity contribution in [1.82, 2.24) is 0 Å². The van der Waals surface area contributed by atoms with E-state index in [2.05, 4.69) is 0 Å². The maximum Gasteiger partial charge on any atom is 0.149 e. The molecule has 3 rings (SSSR count). The van der Waals surface area contributed by atoms with Crippen LogP contribution in [-0.4, -0.2) is 0 Å². The van der Waals surface area contributed by atoms with Crippen LogP contribution in [0, 0.1) is 12.7 Å². The van der Waals surface area contributed by atoms with Crippen molar-refractivity contribution in [1.29, 1.82) is 0 Å². The van der Waals surface area contributed by atoms with Crippen LogP contribution in [0.4, 0.5) is 10.1 Å². The number of rotatable bonds is 5. The molecule has 0 aliphatic carbocycles. The average Bonchev–Trinajstić information content (AvgIpc) is 2.59. The van der Waals surface area contributed by atoms with Crippen LogP contribution in [0.25, 0.3) is 0 Å². The van der Waals surface area contributed by atoms with E-state index in [1.54, 1.807) is 19.1 Å². The lowest BCUT2D eigenvalue weighted by atomic mass is 10.1. The number of hydrogen-bond donors (Lipinski definition) is 0. The highest BCUT2D eigenvalue weighted by molar-refractivity contribution is 6.30. The standard InChI is InChI=1S/C21H19ClFN/c1-16-12-19(22)13-20(21(16)23)24(14-17-8-4-2-5-9-17)15-18-10-6-3-7-11-18/h2-13H,14-15H2,1H3. The van der Waals surface area contributed by atoms with Crippen LogP contribution in [-0.2, 0) is 13.1 Å². The van der Waals surface area contributed by atoms with E-state index in [0.717, 1.165) is 11.1 Å². The quantitative estimate of drug-likeness (QED) is 0.551. The zero-order chi connectivity index (χ0) is 16.9. The van der Waals surface area contributed by atoms with Crippen LogP contribution in [0.3, 0.4) is 0 Å². The van der Waals surface area contributed by atoms with Gasteiger partial charge in [0.05, 0.1) is 5.69 Å². The summed E-state index contributed by atoms with van der Waals surface area (Å²) in [5.41, 5.74) is 3.35. The molecular weight excluding hydrogens is 321 g/mol. The molecule has 3 aromatic rings. The zero-order valence-corrected chi connectivity index (χ0v) is 14.3. The topological polar surface area (TPSA) is 3.24 Å². The molecule has 0 heterocycles. The van der Waals surface area contributed by atoms with E-state index >= 15 is 0 Å². The molecule has 0 amide bonds. The molecule has 3 heteroatoms. The molecule has 0 saturated carbocycles. The van der Waals surface area contributed by atoms with Gasteiger partial charge in [0.15, 0.2) is 0 Å². The van der Waals surface area contributed by atoms with Crippen LogP contribution in [0.15, 0.2) is 72.8 Å². The second-order valence-electron chi connectivity index (χ2n) is 5.88. The van der Waals surface area contributed by atoms with Crippen molar-refractivity contribution < 1.29 is 4.39 Å². The molecule has 122 valence electrons. The highest BCUT2D eigenvalue weighted by Crippen LogP contribution is 2.29. The summed E-state index contributed by atoms with van der Waals surface area (Å²) in [5.74, 6) is -0.216. The SMILES string of the molecule is Cc1cc(Cl)cc(N(Cc2ccccc2)Cc2ccccc2)c1F. The lowest BCUT2D eigenvalue weighted by molar-refractivity contribution is 0.607. The molecule has 0 saturated heterocycles. The Morgan fingerprint density at radius 1 is 0.833 bits per heavy atom. The van der Waals surface area contributed by atoms with Gasteiger partial charge in [0, 0.05) is 18.1 Å². The Balaban J connectivity index is 1.98. The fraction of sp³-hybridized carbons (Fsp3) is 0.143. The number of hydrogen-bond acceptors (Lipinski definition) is 1. The summed E-state index contributed by atoms with van der Waals surface area (Å²) in [7, 11) is 0. The van der Waals surface area contributed by atoms with Crippen LogP contribution >= 0.6 is 11.6 Å². The summed E-state index contributed by atoms with van der Waals surface area (Å²) in [4.78, 5) is 2.03. The minimum absolute atomic E-state index is 0.216. The van der Waals surface area contributed by atoms with Crippen molar-refractivity contribution in [3.8, 4) is 0 Å². The third-order valence-corrected chi connectivity index (χ3v) is 4.19. The lowest BCUT2D eigenvalue weighted by Gasteiger charge is -2.26. The number of anilines is 1. The minimum Gasteiger partial charge on any atom is -0.360 e. The van der Waals surface area contributed by atoms with Crippen LogP contribution in [0.5, 0.6) is 0 Å². The molecule has 0 radical (unpaired) electrons. The Morgan fingerprint density at radius 3 is 1.83 bits per heavy atom. The molecular formula is C21H19ClFN. The van der Waals surface area contributed by atoms with E-state index < -0.39 is 0 Å². The molecule has 0 N–H and O–H groups in total. The molecule has 0 bridgehead atoms. The van der Waals surface area contributed by atoms with Gasteiger partial charge in [0.25, 0.3) is 0 Å². The molecule has 0 unspecified atom stereocenters. The fourth-order valence-electron chi connectivity index (χ4n) is 2.77. The fourth-order valence-corrected chi connectivity index (χ4v) is 3.04. The summed E-state index contributed by atoms with van der Waals surface area (Å²) < 4.78 is 14.7. The third-order valence-electron chi connectivity index (χ3n) is 3.97. The first-order chi connectivity index (χ1) is 11.6. The van der Waals surface area contributed by atoms with E-state index in [1.807, 2.05) is 65.6 Å². The first-order valence-electron chi connectivity index (χ1n) is 7.92. The zero-order valence-electron chi connectivity index (χ0n) is 13.5. The second kappa shape index (κ2) is 7.50. The Kier molecular flexibility index (Phi) is 5.17. The molecule has 1 nitrogen and oxygen atoms in total. The highest BCUT2D eigenvalue weighted by atomic mass is 35.5. The van der Waals surface area contributed by atoms with Crippen molar-refractivity contribution in [3.63, 3.8) is 0 Å². The van der Waals surface area contributed by atoms with Gasteiger partial charge in [0.2, 0.25) is 0 Å². The van der Waals surface area contributed by atoms with Crippen molar-refractivity contribution >= 4 is 17.3 Å². The molecule has 3 aromatic carbocycles. The minimum atomic E-state index is -0.216. The van der Waals surface area contributed by atoms with E-state index in [9.17, 15) is 4.39 Å². The number of halogens is 2. The second-order valence-corrected chi connectivity index (χ2v) is 6.32. The van der Waals surface area contributed by atoms with Gasteiger partial charge in [-0.15, -0.1) is 0 Å². The van der Waals surface area contributed by atoms with Gasteiger partial charge in [-0.05, 0) is 35.7 Å². The molecule has 24 heavy (non-hydrogen) atoms. The van der Waals surface area contributed by atoms with Gasteiger partial charge in [-0.2, -0.15) is 0 Å². The van der Waals surface area contributed by atoms with Gasteiger partial charge in [0.1, 0.15) is 5.82 Å². The number of benzene rings is 3. The predicted octanol–water partition coefficient (Wildman–Crippen LogP) is 5.99. The first-order valence-corrected chi connectivity index (χ1v) is 8.30. The van der Waals surface area contributed by atoms with E-state index in [1.165, 1.54) is 0 Å². The molecule has 0 aromatic heterocycles. The Morgan fingerprint density at radius 2 is 1.33 bits per heavy atom. The summed E-state index contributed by atoms with van der Waals surface area (Å²) in [6, 6.07) is 23.5. The van der Waals surface area contributed by atoms with Crippen molar-refractivity contribution in [2.24, 2.45) is 0 Å². The summed E-state index contributed by atoms with van der Waals surface area (Å²) >= 11 is 6.18. The first kappa shape index (κ1) is 16.5. The van der Waals surface area contributed by atoms with Crippen LogP contribution < -0.4 is 4.90 Å². The largest absolute Gasteiger partial charge is 0.360 e. The van der Waals surface area contributed by atoms with Crippen molar-refractivity contribution in [3.05, 3.63) is 100 Å². The Labute approximate surface area is 147 Å². The molecule has 0 aliphatic heterocycles. The van der Waals surface area contributed by atoms with Crippen molar-refractivity contribution in [2.45, 2.75) is 20.0 Å². The summed E-state index contributed by atoms with van der Waals surface area (Å²) in [5, 5.41) is 0.551. The molecule has 0 spiro atoms. The summed E-state index contributed by atoms with van der Waals surface area (Å²) in [6.45, 7) is 2.98. The van der Waals surface area contributed by atoms with E-state index in [0.29, 0.717) is 29.4 Å². The average molecular weight is 340 g/mol. The van der Waals surface area contributed by atoms with Crippen LogP contribution in [0.2, 0.25) is 5.02 Å². The van der Waals surface area contributed by atoms with E-state index in [-0.39, 0.29) is 5.82 Å². The maximum atomic E-state index is 14.7. The summed E-state index contributed by atoms with van der Waals surface area (Å²) in [6.07, 6.45) is 0. The van der Waals surface area contributed by atoms with Gasteiger partial charge in [-0.1, -0.05) is 72.3 Å². The molecule has 0 fully saturated rings. The van der Waals surface area contributed by atoms with Gasteiger partial charge in [-0.3, -0.25) is 0 Å². The molecule has 0 atom stereocenters. The monoisotopic (exact) mass is 339 g/mol. The Bertz CT molecular complexity index is 761. The maximum absolute atomic E-state index is 14.7. The normalized spacial score (nSPS) is 10.6.